The summed E-state index contributed by atoms with van der Waals surface area (Å²) in [6.45, 7) is 4.45. The molecule has 2 rings (SSSR count). The van der Waals surface area contributed by atoms with Crippen molar-refractivity contribution in [2.75, 3.05) is 46.2 Å². The Morgan fingerprint density at radius 1 is 1.34 bits per heavy atom. The normalized spacial score (nSPS) is 19.6. The van der Waals surface area contributed by atoms with Crippen LogP contribution in [0.1, 0.15) is 36.5 Å². The molecule has 0 unspecified atom stereocenters. The molecule has 0 radical (unpaired) electrons. The van der Waals surface area contributed by atoms with E-state index in [1.54, 1.807) is 14.0 Å². The van der Waals surface area contributed by atoms with E-state index in [1.807, 2.05) is 0 Å². The van der Waals surface area contributed by atoms with Crippen LogP contribution in [0.4, 0.5) is 5.69 Å². The minimum atomic E-state index is -0.286. The number of nitrogens with zero attached hydrogens (tertiary/aromatic N) is 1. The quantitative estimate of drug-likeness (QED) is 0.459. The number of likely N-dealkylation sites (tertiary alicyclic amines) is 1. The largest absolute Gasteiger partial charge is 0.496 e. The maximum Gasteiger partial charge on any atom is 0.305 e. The lowest BCUT2D eigenvalue weighted by Gasteiger charge is -2.38. The molecule has 1 fully saturated rings. The number of ether oxygens (including phenoxy) is 3. The third-order valence-electron chi connectivity index (χ3n) is 4.99. The Morgan fingerprint density at radius 3 is 2.76 bits per heavy atom. The number of piperidine rings is 1. The lowest BCUT2D eigenvalue weighted by Crippen LogP contribution is -2.54. The van der Waals surface area contributed by atoms with Crippen molar-refractivity contribution >= 4 is 29.2 Å². The molecule has 29 heavy (non-hydrogen) atoms. The van der Waals surface area contributed by atoms with Crippen LogP contribution in [0.25, 0.3) is 0 Å². The van der Waals surface area contributed by atoms with Crippen LogP contribution in [0, 0.1) is 0 Å². The second kappa shape index (κ2) is 11.2. The summed E-state index contributed by atoms with van der Waals surface area (Å²) in [4.78, 5) is 26.5. The van der Waals surface area contributed by atoms with Gasteiger partial charge in [0.25, 0.3) is 5.91 Å². The van der Waals surface area contributed by atoms with E-state index in [0.29, 0.717) is 41.6 Å². The summed E-state index contributed by atoms with van der Waals surface area (Å²) in [7, 11) is 3.11. The molecule has 3 N–H and O–H groups in total. The maximum atomic E-state index is 12.8. The smallest absolute Gasteiger partial charge is 0.305 e. The molecule has 0 aromatic heterocycles. The minimum absolute atomic E-state index is 0.144. The molecule has 9 heteroatoms. The second-order valence-corrected chi connectivity index (χ2v) is 7.33. The number of methoxy groups -OCH3 is 2. The molecule has 1 aliphatic heterocycles. The number of carbonyl (C=O) groups excluding carboxylic acids is 2. The average Bonchev–Trinajstić information content (AvgIpc) is 2.70. The van der Waals surface area contributed by atoms with E-state index in [-0.39, 0.29) is 24.0 Å². The van der Waals surface area contributed by atoms with Crippen LogP contribution in [0.5, 0.6) is 5.75 Å². The molecule has 0 saturated carbocycles. The first-order chi connectivity index (χ1) is 13.9. The molecule has 0 bridgehead atoms. The molecular weight excluding hydrogens is 398 g/mol. The average molecular weight is 428 g/mol. The van der Waals surface area contributed by atoms with E-state index < -0.39 is 0 Å². The molecule has 1 aliphatic rings. The van der Waals surface area contributed by atoms with Gasteiger partial charge in [-0.15, -0.1) is 0 Å². The van der Waals surface area contributed by atoms with Crippen molar-refractivity contribution in [2.45, 2.75) is 38.3 Å². The third-order valence-corrected chi connectivity index (χ3v) is 5.31. The van der Waals surface area contributed by atoms with Crippen LogP contribution in [0.2, 0.25) is 5.02 Å². The predicted octanol–water partition coefficient (Wildman–Crippen LogP) is 2.09. The number of amides is 1. The van der Waals surface area contributed by atoms with Crippen LogP contribution < -0.4 is 15.8 Å². The molecule has 1 aromatic carbocycles. The molecular formula is C20H30ClN3O5. The third kappa shape index (κ3) is 6.48. The number of benzene rings is 1. The van der Waals surface area contributed by atoms with E-state index >= 15 is 0 Å². The predicted molar refractivity (Wildman–Crippen MR) is 111 cm³/mol. The van der Waals surface area contributed by atoms with E-state index in [0.717, 1.165) is 25.9 Å². The zero-order chi connectivity index (χ0) is 21.4. The van der Waals surface area contributed by atoms with Gasteiger partial charge in [0.15, 0.2) is 0 Å². The highest BCUT2D eigenvalue weighted by Crippen LogP contribution is 2.29. The first-order valence-corrected chi connectivity index (χ1v) is 10.1. The van der Waals surface area contributed by atoms with E-state index in [4.69, 9.17) is 31.5 Å². The summed E-state index contributed by atoms with van der Waals surface area (Å²) in [5.41, 5.74) is 6.47. The van der Waals surface area contributed by atoms with E-state index in [2.05, 4.69) is 10.2 Å². The molecule has 1 saturated heterocycles. The lowest BCUT2D eigenvalue weighted by molar-refractivity contribution is -0.143. The molecule has 0 spiro atoms. The van der Waals surface area contributed by atoms with Gasteiger partial charge in [-0.3, -0.25) is 9.59 Å². The van der Waals surface area contributed by atoms with Crippen molar-refractivity contribution in [1.29, 1.82) is 0 Å². The van der Waals surface area contributed by atoms with Crippen molar-refractivity contribution in [1.82, 2.24) is 10.2 Å². The van der Waals surface area contributed by atoms with Crippen LogP contribution in [-0.4, -0.2) is 69.4 Å². The van der Waals surface area contributed by atoms with Crippen molar-refractivity contribution < 1.29 is 23.8 Å². The number of nitrogens with two attached hydrogens (primary N) is 1. The monoisotopic (exact) mass is 427 g/mol. The van der Waals surface area contributed by atoms with Gasteiger partial charge in [-0.25, -0.2) is 0 Å². The minimum Gasteiger partial charge on any atom is -0.496 e. The highest BCUT2D eigenvalue weighted by molar-refractivity contribution is 6.33. The van der Waals surface area contributed by atoms with Gasteiger partial charge < -0.3 is 30.2 Å². The Bertz CT molecular complexity index is 716. The number of hydrogen-bond acceptors (Lipinski definition) is 7. The molecule has 0 aliphatic carbocycles. The summed E-state index contributed by atoms with van der Waals surface area (Å²) in [5, 5.41) is 3.33. The topological polar surface area (TPSA) is 103 Å². The SMILES string of the molecule is CCOC(=O)CCCN1CC[C@H](NC(=O)c2cc(Cl)c(N)cc2OC)[C@@H](OC)C1. The highest BCUT2D eigenvalue weighted by atomic mass is 35.5. The van der Waals surface area contributed by atoms with E-state index in [1.165, 1.54) is 19.2 Å². The summed E-state index contributed by atoms with van der Waals surface area (Å²) in [6, 6.07) is 2.91. The van der Waals surface area contributed by atoms with Gasteiger partial charge in [-0.2, -0.15) is 0 Å². The number of anilines is 1. The van der Waals surface area contributed by atoms with Gasteiger partial charge in [-0.1, -0.05) is 11.6 Å². The number of esters is 1. The number of hydrogen-bond donors (Lipinski definition) is 2. The summed E-state index contributed by atoms with van der Waals surface area (Å²) in [6.07, 6.45) is 1.70. The fourth-order valence-electron chi connectivity index (χ4n) is 3.43. The summed E-state index contributed by atoms with van der Waals surface area (Å²) in [5.74, 6) is -0.0876. The van der Waals surface area contributed by atoms with Crippen LogP contribution in [0.15, 0.2) is 12.1 Å². The van der Waals surface area contributed by atoms with E-state index in [9.17, 15) is 9.59 Å². The van der Waals surface area contributed by atoms with Crippen molar-refractivity contribution in [3.63, 3.8) is 0 Å². The lowest BCUT2D eigenvalue weighted by atomic mass is 10.0. The first-order valence-electron chi connectivity index (χ1n) is 9.74. The zero-order valence-corrected chi connectivity index (χ0v) is 18.0. The molecule has 162 valence electrons. The fraction of sp³-hybridized carbons (Fsp3) is 0.600. The molecule has 1 amide bonds. The Labute approximate surface area is 176 Å². The molecule has 8 nitrogen and oxygen atoms in total. The Balaban J connectivity index is 1.93. The highest BCUT2D eigenvalue weighted by Gasteiger charge is 2.31. The Morgan fingerprint density at radius 2 is 2.10 bits per heavy atom. The summed E-state index contributed by atoms with van der Waals surface area (Å²) >= 11 is 6.07. The number of rotatable bonds is 9. The number of carbonyl (C=O) groups is 2. The maximum absolute atomic E-state index is 12.8. The number of nitrogen functional groups attached to an aromatic ring is 1. The standard InChI is InChI=1S/C20H30ClN3O5/c1-4-29-19(25)6-5-8-24-9-7-16(18(12-24)28-3)23-20(26)13-10-14(21)15(22)11-17(13)27-2/h10-11,16,18H,4-9,12,22H2,1-3H3,(H,23,26)/t16-,18-/m0/s1. The van der Waals surface area contributed by atoms with Crippen LogP contribution in [0.3, 0.4) is 0 Å². The van der Waals surface area contributed by atoms with Crippen LogP contribution in [-0.2, 0) is 14.3 Å². The molecule has 2 atom stereocenters. The Hall–Kier alpha value is -2.03. The van der Waals surface area contributed by atoms with Gasteiger partial charge in [0, 0.05) is 32.7 Å². The van der Waals surface area contributed by atoms with Gasteiger partial charge in [0.05, 0.1) is 42.1 Å². The molecule has 1 aromatic rings. The van der Waals surface area contributed by atoms with Crippen molar-refractivity contribution in [3.8, 4) is 5.75 Å². The van der Waals surface area contributed by atoms with Gasteiger partial charge in [0.1, 0.15) is 5.75 Å². The van der Waals surface area contributed by atoms with Gasteiger partial charge in [0.2, 0.25) is 0 Å². The van der Waals surface area contributed by atoms with Gasteiger partial charge >= 0.3 is 5.97 Å². The van der Waals surface area contributed by atoms with Crippen molar-refractivity contribution in [2.24, 2.45) is 0 Å². The zero-order valence-electron chi connectivity index (χ0n) is 17.2. The first kappa shape index (κ1) is 23.3. The Kier molecular flexibility index (Phi) is 9.00. The van der Waals surface area contributed by atoms with Crippen LogP contribution >= 0.6 is 11.6 Å². The van der Waals surface area contributed by atoms with Gasteiger partial charge in [-0.05, 0) is 32.4 Å². The second-order valence-electron chi connectivity index (χ2n) is 6.93. The van der Waals surface area contributed by atoms with Crippen molar-refractivity contribution in [3.05, 3.63) is 22.7 Å². The fourth-order valence-corrected chi connectivity index (χ4v) is 3.59. The number of nitrogens with one attached hydrogen (secondary N) is 1. The molecule has 1 heterocycles. The number of halogens is 1. The summed E-state index contributed by atoms with van der Waals surface area (Å²) < 4.78 is 15.8.